The van der Waals surface area contributed by atoms with Crippen molar-refractivity contribution in [1.29, 1.82) is 0 Å². The highest BCUT2D eigenvalue weighted by Gasteiger charge is 2.30. The predicted octanol–water partition coefficient (Wildman–Crippen LogP) is 3.65. The van der Waals surface area contributed by atoms with E-state index >= 15 is 0 Å². The molecule has 0 radical (unpaired) electrons. The molecule has 2 unspecified atom stereocenters. The van der Waals surface area contributed by atoms with Crippen LogP contribution in [0.25, 0.3) is 0 Å². The molecule has 2 fully saturated rings. The van der Waals surface area contributed by atoms with Crippen LogP contribution in [-0.4, -0.2) is 33.9 Å². The third-order valence-corrected chi connectivity index (χ3v) is 6.50. The quantitative estimate of drug-likeness (QED) is 0.792. The molecule has 1 aliphatic heterocycles. The lowest BCUT2D eigenvalue weighted by molar-refractivity contribution is 0.0989. The van der Waals surface area contributed by atoms with Crippen LogP contribution in [0, 0.1) is 0 Å². The third kappa shape index (κ3) is 3.29. The lowest BCUT2D eigenvalue weighted by atomic mass is 10.1. The molecule has 19 heavy (non-hydrogen) atoms. The van der Waals surface area contributed by atoms with Gasteiger partial charge in [0.2, 0.25) is 0 Å². The van der Waals surface area contributed by atoms with Gasteiger partial charge in [-0.15, -0.1) is 11.8 Å². The number of carbonyl (C=O) groups excluding carboxylic acids is 1. The Balaban J connectivity index is 1.68. The molecule has 4 heteroatoms. The highest BCUT2D eigenvalue weighted by molar-refractivity contribution is 8.07. The molecule has 0 amide bonds. The van der Waals surface area contributed by atoms with E-state index in [-0.39, 0.29) is 11.0 Å². The molecule has 1 aromatic rings. The Labute approximate surface area is 122 Å². The highest BCUT2D eigenvalue weighted by Crippen LogP contribution is 2.33. The second kappa shape index (κ2) is 5.80. The Morgan fingerprint density at radius 2 is 1.84 bits per heavy atom. The average Bonchev–Trinajstić information content (AvgIpc) is 3.23. The molecule has 102 valence electrons. The Morgan fingerprint density at radius 3 is 2.47 bits per heavy atom. The molecule has 1 saturated carbocycles. The van der Waals surface area contributed by atoms with Crippen molar-refractivity contribution in [2.45, 2.75) is 36.4 Å². The lowest BCUT2D eigenvalue weighted by Gasteiger charge is -2.26. The number of hydrogen-bond donors (Lipinski definition) is 0. The molecule has 1 saturated heterocycles. The van der Waals surface area contributed by atoms with Gasteiger partial charge in [-0.1, -0.05) is 6.92 Å². The summed E-state index contributed by atoms with van der Waals surface area (Å²) in [6.07, 6.45) is 2.73. The zero-order valence-electron chi connectivity index (χ0n) is 11.0. The largest absolute Gasteiger partial charge is 0.490 e. The number of thioether (sulfide) groups is 2. The summed E-state index contributed by atoms with van der Waals surface area (Å²) in [7, 11) is 0. The van der Waals surface area contributed by atoms with Crippen LogP contribution in [0.2, 0.25) is 0 Å². The van der Waals surface area contributed by atoms with Gasteiger partial charge in [0.25, 0.3) is 0 Å². The van der Waals surface area contributed by atoms with Gasteiger partial charge in [0.15, 0.2) is 5.78 Å². The van der Waals surface area contributed by atoms with Gasteiger partial charge in [-0.05, 0) is 37.1 Å². The first-order chi connectivity index (χ1) is 9.24. The first-order valence-electron chi connectivity index (χ1n) is 6.78. The topological polar surface area (TPSA) is 26.3 Å². The number of hydrogen-bond acceptors (Lipinski definition) is 4. The average molecular weight is 294 g/mol. The molecule has 1 aliphatic carbocycles. The van der Waals surface area contributed by atoms with E-state index in [1.807, 2.05) is 36.0 Å². The van der Waals surface area contributed by atoms with Crippen molar-refractivity contribution in [3.05, 3.63) is 29.8 Å². The Morgan fingerprint density at radius 1 is 1.16 bits per heavy atom. The zero-order chi connectivity index (χ0) is 13.2. The van der Waals surface area contributed by atoms with Crippen LogP contribution in [0.3, 0.4) is 0 Å². The number of Topliss-reactive ketones (excluding diaryl/α,β-unsaturated/α-hetero) is 1. The summed E-state index contributed by atoms with van der Waals surface area (Å²) in [4.78, 5) is 12.5. The molecule has 1 heterocycles. The molecule has 2 aliphatic rings. The van der Waals surface area contributed by atoms with Gasteiger partial charge < -0.3 is 4.74 Å². The zero-order valence-corrected chi connectivity index (χ0v) is 12.6. The molecule has 2 atom stereocenters. The Hall–Kier alpha value is -0.610. The fourth-order valence-electron chi connectivity index (χ4n) is 2.16. The minimum Gasteiger partial charge on any atom is -0.490 e. The monoisotopic (exact) mass is 294 g/mol. The van der Waals surface area contributed by atoms with Crippen LogP contribution < -0.4 is 4.74 Å². The summed E-state index contributed by atoms with van der Waals surface area (Å²) in [5.41, 5.74) is 0.815. The number of benzene rings is 1. The number of rotatable bonds is 4. The molecule has 0 bridgehead atoms. The van der Waals surface area contributed by atoms with Crippen LogP contribution in [0.5, 0.6) is 5.75 Å². The van der Waals surface area contributed by atoms with Crippen LogP contribution >= 0.6 is 23.5 Å². The highest BCUT2D eigenvalue weighted by atomic mass is 32.2. The fourth-order valence-corrected chi connectivity index (χ4v) is 4.89. The Kier molecular flexibility index (Phi) is 4.08. The van der Waals surface area contributed by atoms with E-state index in [9.17, 15) is 4.79 Å². The van der Waals surface area contributed by atoms with E-state index in [4.69, 9.17) is 4.74 Å². The van der Waals surface area contributed by atoms with E-state index in [0.29, 0.717) is 11.4 Å². The van der Waals surface area contributed by atoms with Gasteiger partial charge in [-0.2, -0.15) is 11.8 Å². The fraction of sp³-hybridized carbons (Fsp3) is 0.533. The second-order valence-electron chi connectivity index (χ2n) is 5.07. The molecular formula is C15H18O2S2. The second-order valence-corrected chi connectivity index (χ2v) is 7.81. The van der Waals surface area contributed by atoms with Crippen molar-refractivity contribution < 1.29 is 9.53 Å². The summed E-state index contributed by atoms with van der Waals surface area (Å²) in [5, 5.41) is 0.516. The Bertz CT molecular complexity index is 454. The van der Waals surface area contributed by atoms with Gasteiger partial charge >= 0.3 is 0 Å². The first-order valence-corrected chi connectivity index (χ1v) is 8.88. The van der Waals surface area contributed by atoms with Crippen molar-refractivity contribution >= 4 is 29.3 Å². The van der Waals surface area contributed by atoms with Crippen molar-refractivity contribution in [3.63, 3.8) is 0 Å². The van der Waals surface area contributed by atoms with Gasteiger partial charge in [0.05, 0.1) is 11.4 Å². The van der Waals surface area contributed by atoms with E-state index in [1.54, 1.807) is 11.8 Å². The summed E-state index contributed by atoms with van der Waals surface area (Å²) in [6.45, 7) is 2.16. The number of carbonyl (C=O) groups is 1. The minimum atomic E-state index is 0.106. The van der Waals surface area contributed by atoms with Crippen LogP contribution in [0.4, 0.5) is 0 Å². The van der Waals surface area contributed by atoms with Crippen molar-refractivity contribution in [1.82, 2.24) is 0 Å². The maximum atomic E-state index is 12.5. The lowest BCUT2D eigenvalue weighted by Crippen LogP contribution is -2.31. The standard InChI is InChI=1S/C15H18O2S2/c1-10-15(19-9-8-18-10)14(16)11-2-4-12(5-3-11)17-13-6-7-13/h2-5,10,13,15H,6-9H2,1H3. The summed E-state index contributed by atoms with van der Waals surface area (Å²) in [6, 6.07) is 7.67. The molecule has 0 aromatic heterocycles. The van der Waals surface area contributed by atoms with Crippen LogP contribution in [-0.2, 0) is 0 Å². The molecule has 1 aromatic carbocycles. The minimum absolute atomic E-state index is 0.106. The summed E-state index contributed by atoms with van der Waals surface area (Å²) in [5.74, 6) is 3.39. The number of ether oxygens (including phenoxy) is 1. The summed E-state index contributed by atoms with van der Waals surface area (Å²) < 4.78 is 5.71. The normalized spacial score (nSPS) is 27.0. The predicted molar refractivity (Wildman–Crippen MR) is 82.6 cm³/mol. The maximum Gasteiger partial charge on any atom is 0.176 e. The molecule has 3 rings (SSSR count). The van der Waals surface area contributed by atoms with Gasteiger partial charge in [0, 0.05) is 22.3 Å². The van der Waals surface area contributed by atoms with E-state index in [1.165, 1.54) is 0 Å². The SMILES string of the molecule is CC1SCCSC1C(=O)c1ccc(OC2CC2)cc1. The van der Waals surface area contributed by atoms with E-state index in [0.717, 1.165) is 35.7 Å². The van der Waals surface area contributed by atoms with Crippen molar-refractivity contribution in [2.24, 2.45) is 0 Å². The molecule has 2 nitrogen and oxygen atoms in total. The van der Waals surface area contributed by atoms with E-state index < -0.39 is 0 Å². The summed E-state index contributed by atoms with van der Waals surface area (Å²) >= 11 is 3.70. The number of ketones is 1. The molecule has 0 N–H and O–H groups in total. The maximum absolute atomic E-state index is 12.5. The smallest absolute Gasteiger partial charge is 0.176 e. The van der Waals surface area contributed by atoms with Crippen molar-refractivity contribution in [2.75, 3.05) is 11.5 Å². The third-order valence-electron chi connectivity index (χ3n) is 3.41. The van der Waals surface area contributed by atoms with Gasteiger partial charge in [-0.25, -0.2) is 0 Å². The molecular weight excluding hydrogens is 276 g/mol. The van der Waals surface area contributed by atoms with Crippen LogP contribution in [0.15, 0.2) is 24.3 Å². The van der Waals surface area contributed by atoms with Gasteiger partial charge in [-0.3, -0.25) is 4.79 Å². The van der Waals surface area contributed by atoms with Crippen LogP contribution in [0.1, 0.15) is 30.1 Å². The van der Waals surface area contributed by atoms with Gasteiger partial charge in [0.1, 0.15) is 5.75 Å². The first kappa shape index (κ1) is 13.4. The molecule has 0 spiro atoms. The van der Waals surface area contributed by atoms with E-state index in [2.05, 4.69) is 6.92 Å². The van der Waals surface area contributed by atoms with Crippen molar-refractivity contribution in [3.8, 4) is 5.75 Å².